The van der Waals surface area contributed by atoms with E-state index in [1.54, 1.807) is 0 Å². The van der Waals surface area contributed by atoms with Crippen molar-refractivity contribution >= 4 is 0 Å². The van der Waals surface area contributed by atoms with E-state index in [1.165, 1.54) is 12.8 Å². The van der Waals surface area contributed by atoms with Crippen molar-refractivity contribution in [3.8, 4) is 0 Å². The predicted octanol–water partition coefficient (Wildman–Crippen LogP) is 3.58. The molecule has 0 radical (unpaired) electrons. The lowest BCUT2D eigenvalue weighted by Gasteiger charge is -2.60. The molecule has 0 aromatic heterocycles. The maximum Gasteiger partial charge on any atom is 0.201 e. The van der Waals surface area contributed by atoms with Crippen LogP contribution in [0, 0.1) is 23.7 Å². The van der Waals surface area contributed by atoms with Crippen molar-refractivity contribution in [1.29, 1.82) is 0 Å². The molecule has 8 atom stereocenters. The summed E-state index contributed by atoms with van der Waals surface area (Å²) in [4.78, 5) is 14.5. The maximum atomic E-state index is 6.62. The molecule has 5 nitrogen and oxygen atoms in total. The molecule has 1 spiro atoms. The second kappa shape index (κ2) is 6.45. The third kappa shape index (κ3) is 2.69. The van der Waals surface area contributed by atoms with E-state index in [4.69, 9.17) is 19.2 Å². The molecule has 0 unspecified atom stereocenters. The van der Waals surface area contributed by atoms with Gasteiger partial charge in [0, 0.05) is 18.9 Å². The fraction of sp³-hybridized carbons (Fsp3) is 1.00. The first-order chi connectivity index (χ1) is 11.9. The summed E-state index contributed by atoms with van der Waals surface area (Å²) in [7, 11) is 0. The van der Waals surface area contributed by atoms with Crippen LogP contribution in [-0.2, 0) is 19.2 Å². The molecular weight excluding hydrogens is 318 g/mol. The fourth-order valence-electron chi connectivity index (χ4n) is 5.92. The molecule has 4 aliphatic heterocycles. The first-order valence-corrected chi connectivity index (χ1v) is 10.4. The lowest BCUT2D eigenvalue weighted by Crippen LogP contribution is -2.71. The summed E-state index contributed by atoms with van der Waals surface area (Å²) in [5.74, 6) is 1.30. The maximum absolute atomic E-state index is 6.62. The fourth-order valence-corrected chi connectivity index (χ4v) is 5.92. The van der Waals surface area contributed by atoms with Crippen LogP contribution in [0.4, 0.5) is 0 Å². The van der Waals surface area contributed by atoms with Gasteiger partial charge in [-0.3, -0.25) is 0 Å². The minimum absolute atomic E-state index is 0.195. The van der Waals surface area contributed by atoms with E-state index in [0.717, 1.165) is 32.5 Å². The quantitative estimate of drug-likeness (QED) is 0.723. The number of nitrogens with zero attached hydrogens (tertiary/aromatic N) is 1. The van der Waals surface area contributed by atoms with E-state index in [2.05, 4.69) is 32.6 Å². The van der Waals surface area contributed by atoms with E-state index >= 15 is 0 Å². The number of fused-ring (bicyclic) bond motifs is 2. The highest BCUT2D eigenvalue weighted by Gasteiger charge is 2.69. The third-order valence-electron chi connectivity index (χ3n) is 7.63. The van der Waals surface area contributed by atoms with Crippen molar-refractivity contribution in [2.75, 3.05) is 19.6 Å². The summed E-state index contributed by atoms with van der Waals surface area (Å²) in [5.41, 5.74) is -0.424. The van der Waals surface area contributed by atoms with Crippen LogP contribution in [0.3, 0.4) is 0 Å². The summed E-state index contributed by atoms with van der Waals surface area (Å²) in [6.45, 7) is 14.2. The van der Waals surface area contributed by atoms with Crippen LogP contribution >= 0.6 is 0 Å². The molecule has 4 heterocycles. The molecule has 0 aromatic carbocycles. The van der Waals surface area contributed by atoms with Gasteiger partial charge in [-0.1, -0.05) is 27.7 Å². The van der Waals surface area contributed by atoms with E-state index in [-0.39, 0.29) is 12.4 Å². The largest absolute Gasteiger partial charge is 0.345 e. The van der Waals surface area contributed by atoms with Crippen LogP contribution in [0.5, 0.6) is 0 Å². The Hall–Kier alpha value is -0.200. The molecule has 0 N–H and O–H groups in total. The first-order valence-electron chi connectivity index (χ1n) is 10.4. The molecule has 4 saturated heterocycles. The molecule has 0 amide bonds. The SMILES string of the molecule is CCN(CC)C[C@H]1O[C@@H]2O[C@@]3(C)CC[C@H]4[C@H](C)CC[C@@H]([C@H]1C)[C@@]24OO3. The van der Waals surface area contributed by atoms with Gasteiger partial charge in [0.25, 0.3) is 0 Å². The predicted molar refractivity (Wildman–Crippen MR) is 94.6 cm³/mol. The number of ether oxygens (including phenoxy) is 2. The Morgan fingerprint density at radius 2 is 1.76 bits per heavy atom. The van der Waals surface area contributed by atoms with Crippen molar-refractivity contribution in [3.05, 3.63) is 0 Å². The van der Waals surface area contributed by atoms with E-state index in [9.17, 15) is 0 Å². The van der Waals surface area contributed by atoms with Crippen molar-refractivity contribution in [2.45, 2.75) is 84.1 Å². The molecule has 1 saturated carbocycles. The average Bonchev–Trinajstić information content (AvgIpc) is 2.83. The van der Waals surface area contributed by atoms with E-state index in [0.29, 0.717) is 23.7 Å². The van der Waals surface area contributed by atoms with Crippen molar-refractivity contribution in [3.63, 3.8) is 0 Å². The van der Waals surface area contributed by atoms with Crippen LogP contribution in [-0.4, -0.2) is 48.3 Å². The van der Waals surface area contributed by atoms with Crippen molar-refractivity contribution in [2.24, 2.45) is 23.7 Å². The zero-order chi connectivity index (χ0) is 17.8. The summed E-state index contributed by atoms with van der Waals surface area (Å²) in [6.07, 6.45) is 4.32. The number of likely N-dealkylation sites (N-methyl/N-ethyl adjacent to an activating group) is 1. The molecule has 144 valence electrons. The second-order valence-electron chi connectivity index (χ2n) is 8.93. The molecule has 5 rings (SSSR count). The highest BCUT2D eigenvalue weighted by atomic mass is 17.3. The second-order valence-corrected chi connectivity index (χ2v) is 8.93. The Morgan fingerprint density at radius 1 is 1.00 bits per heavy atom. The Kier molecular flexibility index (Phi) is 4.69. The van der Waals surface area contributed by atoms with Crippen LogP contribution < -0.4 is 0 Å². The van der Waals surface area contributed by atoms with Crippen LogP contribution in [0.1, 0.15) is 60.3 Å². The smallest absolute Gasteiger partial charge is 0.201 e. The minimum Gasteiger partial charge on any atom is -0.345 e. The Labute approximate surface area is 152 Å². The number of rotatable bonds is 4. The van der Waals surface area contributed by atoms with E-state index < -0.39 is 11.4 Å². The summed E-state index contributed by atoms with van der Waals surface area (Å²) < 4.78 is 13.0. The first kappa shape index (κ1) is 18.2. The van der Waals surface area contributed by atoms with Crippen LogP contribution in [0.15, 0.2) is 0 Å². The van der Waals surface area contributed by atoms with E-state index in [1.807, 2.05) is 6.92 Å². The van der Waals surface area contributed by atoms with Gasteiger partial charge in [-0.25, -0.2) is 9.78 Å². The summed E-state index contributed by atoms with van der Waals surface area (Å²) in [5, 5.41) is 0. The molecule has 25 heavy (non-hydrogen) atoms. The number of hydrogen-bond acceptors (Lipinski definition) is 5. The molecule has 5 heteroatoms. The standard InChI is InChI=1S/C20H35NO4/c1-6-21(7-2)12-17-14(4)16-9-8-13(3)15-10-11-19(5)23-18(22-17)20(15,16)25-24-19/h13-18H,6-12H2,1-5H3/t13-,14-,15+,16+,17-,18-,19-,20-/m1/s1. The van der Waals surface area contributed by atoms with Crippen molar-refractivity contribution in [1.82, 2.24) is 4.90 Å². The summed E-state index contributed by atoms with van der Waals surface area (Å²) >= 11 is 0. The molecule has 2 bridgehead atoms. The van der Waals surface area contributed by atoms with Crippen LogP contribution in [0.25, 0.3) is 0 Å². The van der Waals surface area contributed by atoms with Gasteiger partial charge in [0.05, 0.1) is 6.10 Å². The normalized spacial score (nSPS) is 52.1. The van der Waals surface area contributed by atoms with Gasteiger partial charge in [0.2, 0.25) is 5.79 Å². The molecule has 5 aliphatic rings. The van der Waals surface area contributed by atoms with Gasteiger partial charge in [-0.2, -0.15) is 0 Å². The monoisotopic (exact) mass is 353 g/mol. The molecular formula is C20H35NO4. The lowest BCUT2D eigenvalue weighted by molar-refractivity contribution is -0.571. The molecule has 5 fully saturated rings. The Balaban J connectivity index is 1.67. The van der Waals surface area contributed by atoms with Gasteiger partial charge in [0.1, 0.15) is 0 Å². The zero-order valence-electron chi connectivity index (χ0n) is 16.5. The highest BCUT2D eigenvalue weighted by Crippen LogP contribution is 2.60. The van der Waals surface area contributed by atoms with Crippen molar-refractivity contribution < 1.29 is 19.2 Å². The third-order valence-corrected chi connectivity index (χ3v) is 7.63. The molecule has 0 aromatic rings. The van der Waals surface area contributed by atoms with Gasteiger partial charge in [-0.05, 0) is 57.0 Å². The topological polar surface area (TPSA) is 40.2 Å². The zero-order valence-corrected chi connectivity index (χ0v) is 16.5. The van der Waals surface area contributed by atoms with Gasteiger partial charge < -0.3 is 14.4 Å². The highest BCUT2D eigenvalue weighted by molar-refractivity contribution is 5.10. The van der Waals surface area contributed by atoms with Gasteiger partial charge in [0.15, 0.2) is 11.9 Å². The average molecular weight is 354 g/mol. The summed E-state index contributed by atoms with van der Waals surface area (Å²) in [6, 6.07) is 0. The lowest BCUT2D eigenvalue weighted by atomic mass is 9.57. The Bertz CT molecular complexity index is 498. The van der Waals surface area contributed by atoms with Crippen LogP contribution in [0.2, 0.25) is 0 Å². The van der Waals surface area contributed by atoms with Gasteiger partial charge in [-0.15, -0.1) is 0 Å². The van der Waals surface area contributed by atoms with Gasteiger partial charge >= 0.3 is 0 Å². The number of hydrogen-bond donors (Lipinski definition) is 0. The Morgan fingerprint density at radius 3 is 2.48 bits per heavy atom. The minimum atomic E-state index is -0.669. The molecule has 1 aliphatic carbocycles.